The molecule has 0 atom stereocenters. The summed E-state index contributed by atoms with van der Waals surface area (Å²) in [5, 5.41) is 0.638. The lowest BCUT2D eigenvalue weighted by molar-refractivity contribution is -0.139. The van der Waals surface area contributed by atoms with Crippen LogP contribution >= 0.6 is 34.2 Å². The highest BCUT2D eigenvalue weighted by molar-refractivity contribution is 14.1. The maximum absolute atomic E-state index is 11.0. The highest BCUT2D eigenvalue weighted by Gasteiger charge is 2.06. The van der Waals surface area contributed by atoms with E-state index in [0.717, 1.165) is 9.13 Å². The molecule has 70 valence electrons. The topological polar surface area (TPSA) is 26.3 Å². The molecule has 0 saturated carbocycles. The fraction of sp³-hybridized carbons (Fsp3) is 0.222. The molecule has 1 rings (SSSR count). The number of hydrogen-bond acceptors (Lipinski definition) is 2. The molecule has 0 aliphatic heterocycles. The van der Waals surface area contributed by atoms with Crippen molar-refractivity contribution >= 4 is 40.2 Å². The largest absolute Gasteiger partial charge is 0.469 e. The summed E-state index contributed by atoms with van der Waals surface area (Å²) in [7, 11) is 1.37. The molecule has 0 fully saturated rings. The third kappa shape index (κ3) is 3.15. The summed E-state index contributed by atoms with van der Waals surface area (Å²) in [6.07, 6.45) is 0.273. The standard InChI is InChI=1S/C9H8ClIO2/c1-13-9(12)5-6-4-7(10)2-3-8(6)11/h2-4H,5H2,1H3. The van der Waals surface area contributed by atoms with E-state index < -0.39 is 0 Å². The van der Waals surface area contributed by atoms with Crippen molar-refractivity contribution in [3.8, 4) is 0 Å². The first-order valence-electron chi connectivity index (χ1n) is 3.64. The molecule has 0 spiro atoms. The molecule has 4 heteroatoms. The van der Waals surface area contributed by atoms with Gasteiger partial charge < -0.3 is 4.74 Å². The van der Waals surface area contributed by atoms with Crippen LogP contribution in [0, 0.1) is 3.57 Å². The lowest BCUT2D eigenvalue weighted by Crippen LogP contribution is -2.05. The molecule has 2 nitrogen and oxygen atoms in total. The first-order valence-corrected chi connectivity index (χ1v) is 5.10. The van der Waals surface area contributed by atoms with Crippen molar-refractivity contribution in [1.82, 2.24) is 0 Å². The lowest BCUT2D eigenvalue weighted by Gasteiger charge is -2.03. The number of rotatable bonds is 2. The van der Waals surface area contributed by atoms with Crippen molar-refractivity contribution < 1.29 is 9.53 Å². The fourth-order valence-corrected chi connectivity index (χ4v) is 1.63. The van der Waals surface area contributed by atoms with Crippen LogP contribution in [0.3, 0.4) is 0 Å². The first kappa shape index (κ1) is 10.8. The Bertz CT molecular complexity index is 325. The molecule has 0 heterocycles. The number of halogens is 2. The van der Waals surface area contributed by atoms with E-state index in [0.29, 0.717) is 5.02 Å². The van der Waals surface area contributed by atoms with E-state index >= 15 is 0 Å². The Morgan fingerprint density at radius 2 is 2.31 bits per heavy atom. The summed E-state index contributed by atoms with van der Waals surface area (Å²) in [6, 6.07) is 5.45. The highest BCUT2D eigenvalue weighted by atomic mass is 127. The Labute approximate surface area is 95.4 Å². The van der Waals surface area contributed by atoms with Gasteiger partial charge in [0.25, 0.3) is 0 Å². The third-order valence-corrected chi connectivity index (χ3v) is 2.86. The van der Waals surface area contributed by atoms with Gasteiger partial charge in [0.05, 0.1) is 13.5 Å². The zero-order valence-corrected chi connectivity index (χ0v) is 9.93. The van der Waals surface area contributed by atoms with Gasteiger partial charge in [-0.15, -0.1) is 0 Å². The Kier molecular flexibility index (Phi) is 3.99. The molecular formula is C9H8ClIO2. The van der Waals surface area contributed by atoms with Gasteiger partial charge in [0.15, 0.2) is 0 Å². The lowest BCUT2D eigenvalue weighted by atomic mass is 10.1. The second kappa shape index (κ2) is 4.81. The van der Waals surface area contributed by atoms with Crippen LogP contribution in [-0.2, 0) is 16.0 Å². The normalized spacial score (nSPS) is 9.77. The summed E-state index contributed by atoms with van der Waals surface area (Å²) in [5.41, 5.74) is 0.903. The van der Waals surface area contributed by atoms with E-state index in [-0.39, 0.29) is 12.4 Å². The Morgan fingerprint density at radius 3 is 2.92 bits per heavy atom. The Morgan fingerprint density at radius 1 is 1.62 bits per heavy atom. The molecule has 0 aliphatic carbocycles. The molecule has 0 unspecified atom stereocenters. The zero-order valence-electron chi connectivity index (χ0n) is 7.01. The number of methoxy groups -OCH3 is 1. The Balaban J connectivity index is 2.87. The van der Waals surface area contributed by atoms with Crippen LogP contribution in [0.15, 0.2) is 18.2 Å². The molecule has 0 aromatic heterocycles. The number of benzene rings is 1. The molecule has 0 radical (unpaired) electrons. The van der Waals surface area contributed by atoms with Gasteiger partial charge in [-0.05, 0) is 46.4 Å². The monoisotopic (exact) mass is 310 g/mol. The van der Waals surface area contributed by atoms with E-state index in [9.17, 15) is 4.79 Å². The van der Waals surface area contributed by atoms with Gasteiger partial charge in [-0.3, -0.25) is 4.79 Å². The summed E-state index contributed by atoms with van der Waals surface area (Å²) in [5.74, 6) is -0.250. The summed E-state index contributed by atoms with van der Waals surface area (Å²) in [4.78, 5) is 11.0. The summed E-state index contributed by atoms with van der Waals surface area (Å²) < 4.78 is 5.58. The number of esters is 1. The molecule has 0 N–H and O–H groups in total. The molecular weight excluding hydrogens is 302 g/mol. The van der Waals surface area contributed by atoms with Crippen LogP contribution in [-0.4, -0.2) is 13.1 Å². The van der Waals surface area contributed by atoms with Crippen molar-refractivity contribution in [2.45, 2.75) is 6.42 Å². The fourth-order valence-electron chi connectivity index (χ4n) is 0.906. The van der Waals surface area contributed by atoms with Gasteiger partial charge in [0.2, 0.25) is 0 Å². The van der Waals surface area contributed by atoms with Crippen LogP contribution in [0.2, 0.25) is 5.02 Å². The van der Waals surface area contributed by atoms with Crippen molar-refractivity contribution in [2.24, 2.45) is 0 Å². The maximum atomic E-state index is 11.0. The van der Waals surface area contributed by atoms with Gasteiger partial charge in [0.1, 0.15) is 0 Å². The van der Waals surface area contributed by atoms with Gasteiger partial charge in [-0.1, -0.05) is 11.6 Å². The van der Waals surface area contributed by atoms with Crippen LogP contribution < -0.4 is 0 Å². The molecule has 0 aliphatic rings. The minimum Gasteiger partial charge on any atom is -0.469 e. The van der Waals surface area contributed by atoms with Crippen LogP contribution in [0.4, 0.5) is 0 Å². The van der Waals surface area contributed by atoms with Crippen molar-refractivity contribution in [1.29, 1.82) is 0 Å². The van der Waals surface area contributed by atoms with Crippen molar-refractivity contribution in [3.05, 3.63) is 32.4 Å². The van der Waals surface area contributed by atoms with Crippen LogP contribution in [0.1, 0.15) is 5.56 Å². The third-order valence-electron chi connectivity index (χ3n) is 1.57. The van der Waals surface area contributed by atoms with E-state index in [4.69, 9.17) is 11.6 Å². The van der Waals surface area contributed by atoms with E-state index in [1.54, 1.807) is 12.1 Å². The van der Waals surface area contributed by atoms with Gasteiger partial charge in [0, 0.05) is 8.59 Å². The van der Waals surface area contributed by atoms with E-state index in [1.807, 2.05) is 6.07 Å². The minimum absolute atomic E-state index is 0.250. The Hall–Kier alpha value is -0.290. The smallest absolute Gasteiger partial charge is 0.310 e. The summed E-state index contributed by atoms with van der Waals surface area (Å²) in [6.45, 7) is 0. The predicted octanol–water partition coefficient (Wildman–Crippen LogP) is 2.66. The zero-order chi connectivity index (χ0) is 9.84. The predicted molar refractivity (Wildman–Crippen MR) is 59.9 cm³/mol. The SMILES string of the molecule is COC(=O)Cc1cc(Cl)ccc1I. The highest BCUT2D eigenvalue weighted by Crippen LogP contribution is 2.18. The van der Waals surface area contributed by atoms with Gasteiger partial charge in [-0.25, -0.2) is 0 Å². The van der Waals surface area contributed by atoms with Gasteiger partial charge in [-0.2, -0.15) is 0 Å². The maximum Gasteiger partial charge on any atom is 0.310 e. The first-order chi connectivity index (χ1) is 6.13. The number of ether oxygens (including phenoxy) is 1. The average molecular weight is 311 g/mol. The second-order valence-electron chi connectivity index (χ2n) is 2.49. The second-order valence-corrected chi connectivity index (χ2v) is 4.09. The average Bonchev–Trinajstić information content (AvgIpc) is 2.11. The van der Waals surface area contributed by atoms with Crippen LogP contribution in [0.5, 0.6) is 0 Å². The molecule has 0 bridgehead atoms. The van der Waals surface area contributed by atoms with Crippen molar-refractivity contribution in [3.63, 3.8) is 0 Å². The number of carbonyl (C=O) groups is 1. The molecule has 1 aromatic carbocycles. The van der Waals surface area contributed by atoms with E-state index in [2.05, 4.69) is 27.3 Å². The number of hydrogen-bond donors (Lipinski definition) is 0. The summed E-state index contributed by atoms with van der Waals surface area (Å²) >= 11 is 7.95. The molecule has 0 amide bonds. The molecule has 0 saturated heterocycles. The quantitative estimate of drug-likeness (QED) is 0.620. The molecule has 13 heavy (non-hydrogen) atoms. The number of carbonyl (C=O) groups excluding carboxylic acids is 1. The van der Waals surface area contributed by atoms with E-state index in [1.165, 1.54) is 7.11 Å². The van der Waals surface area contributed by atoms with Crippen molar-refractivity contribution in [2.75, 3.05) is 7.11 Å². The van der Waals surface area contributed by atoms with Gasteiger partial charge >= 0.3 is 5.97 Å². The van der Waals surface area contributed by atoms with Crippen LogP contribution in [0.25, 0.3) is 0 Å². The minimum atomic E-state index is -0.250. The molecule has 1 aromatic rings.